The molecule has 1 atom stereocenters. The molecule has 0 bridgehead atoms. The molecular formula is C8H14N4. The van der Waals surface area contributed by atoms with Crippen molar-refractivity contribution in [3.63, 3.8) is 0 Å². The summed E-state index contributed by atoms with van der Waals surface area (Å²) in [5.41, 5.74) is 17.8. The van der Waals surface area contributed by atoms with Crippen molar-refractivity contribution >= 4 is 11.6 Å². The maximum absolute atomic E-state index is 5.79. The SMILES string of the molecule is CC[C@@H](N)c1cc(N)nc(N)c1. The van der Waals surface area contributed by atoms with E-state index in [2.05, 4.69) is 4.98 Å². The van der Waals surface area contributed by atoms with Crippen LogP contribution in [0.2, 0.25) is 0 Å². The largest absolute Gasteiger partial charge is 0.384 e. The molecule has 0 aliphatic heterocycles. The second-order valence-electron chi connectivity index (χ2n) is 2.76. The van der Waals surface area contributed by atoms with Crippen LogP contribution in [0.25, 0.3) is 0 Å². The van der Waals surface area contributed by atoms with E-state index in [1.807, 2.05) is 6.92 Å². The molecule has 4 nitrogen and oxygen atoms in total. The highest BCUT2D eigenvalue weighted by Gasteiger charge is 2.04. The van der Waals surface area contributed by atoms with E-state index in [9.17, 15) is 0 Å². The van der Waals surface area contributed by atoms with Gasteiger partial charge in [-0.2, -0.15) is 0 Å². The zero-order chi connectivity index (χ0) is 9.14. The summed E-state index contributed by atoms with van der Waals surface area (Å²) in [5, 5.41) is 0. The molecule has 1 aromatic heterocycles. The molecule has 0 radical (unpaired) electrons. The van der Waals surface area contributed by atoms with Gasteiger partial charge in [0.05, 0.1) is 0 Å². The Hall–Kier alpha value is -1.29. The average molecular weight is 166 g/mol. The molecule has 0 fully saturated rings. The van der Waals surface area contributed by atoms with E-state index in [0.717, 1.165) is 12.0 Å². The van der Waals surface area contributed by atoms with Gasteiger partial charge in [-0.1, -0.05) is 6.92 Å². The molecule has 0 aliphatic carbocycles. The minimum absolute atomic E-state index is 0.00222. The molecule has 12 heavy (non-hydrogen) atoms. The third-order valence-electron chi connectivity index (χ3n) is 1.76. The lowest BCUT2D eigenvalue weighted by Gasteiger charge is -2.09. The van der Waals surface area contributed by atoms with Crippen LogP contribution >= 0.6 is 0 Å². The average Bonchev–Trinajstić information content (AvgIpc) is 2.01. The first kappa shape index (κ1) is 8.80. The van der Waals surface area contributed by atoms with Gasteiger partial charge in [-0.3, -0.25) is 0 Å². The molecule has 1 aromatic rings. The number of rotatable bonds is 2. The summed E-state index contributed by atoms with van der Waals surface area (Å²) in [6, 6.07) is 3.51. The third-order valence-corrected chi connectivity index (χ3v) is 1.76. The van der Waals surface area contributed by atoms with E-state index in [4.69, 9.17) is 17.2 Å². The Balaban J connectivity index is 3.00. The summed E-state index contributed by atoms with van der Waals surface area (Å²) in [6.45, 7) is 2.01. The highest BCUT2D eigenvalue weighted by Crippen LogP contribution is 2.17. The van der Waals surface area contributed by atoms with E-state index in [1.165, 1.54) is 0 Å². The van der Waals surface area contributed by atoms with Crippen LogP contribution in [0, 0.1) is 0 Å². The van der Waals surface area contributed by atoms with Crippen LogP contribution in [0.5, 0.6) is 0 Å². The Morgan fingerprint density at radius 2 is 1.83 bits per heavy atom. The van der Waals surface area contributed by atoms with Crippen molar-refractivity contribution in [2.24, 2.45) is 5.73 Å². The van der Waals surface area contributed by atoms with Crippen LogP contribution < -0.4 is 17.2 Å². The topological polar surface area (TPSA) is 91.0 Å². The van der Waals surface area contributed by atoms with Gasteiger partial charge in [-0.05, 0) is 24.1 Å². The van der Waals surface area contributed by atoms with Crippen molar-refractivity contribution in [3.8, 4) is 0 Å². The molecule has 6 N–H and O–H groups in total. The highest BCUT2D eigenvalue weighted by molar-refractivity contribution is 5.44. The highest BCUT2D eigenvalue weighted by atomic mass is 14.9. The van der Waals surface area contributed by atoms with Gasteiger partial charge >= 0.3 is 0 Å². The first-order valence-electron chi connectivity index (χ1n) is 3.92. The van der Waals surface area contributed by atoms with E-state index < -0.39 is 0 Å². The van der Waals surface area contributed by atoms with Crippen molar-refractivity contribution in [1.82, 2.24) is 4.98 Å². The predicted molar refractivity (Wildman–Crippen MR) is 50.3 cm³/mol. The Morgan fingerprint density at radius 1 is 1.33 bits per heavy atom. The maximum atomic E-state index is 5.79. The number of hydrogen-bond donors (Lipinski definition) is 3. The number of nitrogens with zero attached hydrogens (tertiary/aromatic N) is 1. The van der Waals surface area contributed by atoms with Crippen molar-refractivity contribution in [3.05, 3.63) is 17.7 Å². The summed E-state index contributed by atoms with van der Waals surface area (Å²) < 4.78 is 0. The smallest absolute Gasteiger partial charge is 0.126 e. The van der Waals surface area contributed by atoms with Gasteiger partial charge in [0.25, 0.3) is 0 Å². The predicted octanol–water partition coefficient (Wildman–Crippen LogP) is 0.656. The van der Waals surface area contributed by atoms with Gasteiger partial charge < -0.3 is 17.2 Å². The first-order chi connectivity index (χ1) is 5.63. The minimum atomic E-state index is -0.00222. The molecule has 0 aromatic carbocycles. The molecule has 0 unspecified atom stereocenters. The monoisotopic (exact) mass is 166 g/mol. The summed E-state index contributed by atoms with van der Waals surface area (Å²) in [5.74, 6) is 0.850. The molecule has 4 heteroatoms. The quantitative estimate of drug-likeness (QED) is 0.601. The van der Waals surface area contributed by atoms with Crippen LogP contribution in [-0.4, -0.2) is 4.98 Å². The summed E-state index contributed by atoms with van der Waals surface area (Å²) in [7, 11) is 0. The number of nitrogens with two attached hydrogens (primary N) is 3. The van der Waals surface area contributed by atoms with Crippen LogP contribution in [0.3, 0.4) is 0 Å². The van der Waals surface area contributed by atoms with Gasteiger partial charge in [0.15, 0.2) is 0 Å². The van der Waals surface area contributed by atoms with Crippen LogP contribution in [-0.2, 0) is 0 Å². The van der Waals surface area contributed by atoms with Crippen molar-refractivity contribution in [2.75, 3.05) is 11.5 Å². The lowest BCUT2D eigenvalue weighted by Crippen LogP contribution is -2.10. The third kappa shape index (κ3) is 1.85. The Bertz CT molecular complexity index is 252. The number of aromatic nitrogens is 1. The molecule has 1 rings (SSSR count). The standard InChI is InChI=1S/C8H14N4/c1-2-6(9)5-3-7(10)12-8(11)4-5/h3-4,6H,2,9H2,1H3,(H4,10,11,12)/t6-/m1/s1. The van der Waals surface area contributed by atoms with Gasteiger partial charge in [0, 0.05) is 6.04 Å². The Morgan fingerprint density at radius 3 is 2.25 bits per heavy atom. The maximum Gasteiger partial charge on any atom is 0.126 e. The van der Waals surface area contributed by atoms with Gasteiger partial charge in [0.1, 0.15) is 11.6 Å². The van der Waals surface area contributed by atoms with Gasteiger partial charge in [0.2, 0.25) is 0 Å². The zero-order valence-electron chi connectivity index (χ0n) is 7.12. The molecule has 0 saturated heterocycles. The van der Waals surface area contributed by atoms with Crippen molar-refractivity contribution < 1.29 is 0 Å². The van der Waals surface area contributed by atoms with E-state index in [-0.39, 0.29) is 6.04 Å². The summed E-state index contributed by atoms with van der Waals surface area (Å²) >= 11 is 0. The normalized spacial score (nSPS) is 12.8. The number of pyridine rings is 1. The second kappa shape index (κ2) is 3.40. The van der Waals surface area contributed by atoms with Gasteiger partial charge in [-0.25, -0.2) is 4.98 Å². The van der Waals surface area contributed by atoms with Crippen LogP contribution in [0.15, 0.2) is 12.1 Å². The number of hydrogen-bond acceptors (Lipinski definition) is 4. The molecule has 66 valence electrons. The van der Waals surface area contributed by atoms with Crippen LogP contribution in [0.1, 0.15) is 24.9 Å². The molecule has 1 heterocycles. The van der Waals surface area contributed by atoms with E-state index >= 15 is 0 Å². The molecule has 0 aliphatic rings. The molecular weight excluding hydrogens is 152 g/mol. The van der Waals surface area contributed by atoms with Crippen molar-refractivity contribution in [2.45, 2.75) is 19.4 Å². The fourth-order valence-electron chi connectivity index (χ4n) is 1.05. The summed E-state index contributed by atoms with van der Waals surface area (Å²) in [6.07, 6.45) is 0.864. The van der Waals surface area contributed by atoms with E-state index in [1.54, 1.807) is 12.1 Å². The van der Waals surface area contributed by atoms with Gasteiger partial charge in [-0.15, -0.1) is 0 Å². The molecule has 0 spiro atoms. The first-order valence-corrected chi connectivity index (χ1v) is 3.92. The molecule has 0 saturated carbocycles. The molecule has 0 amide bonds. The fourth-order valence-corrected chi connectivity index (χ4v) is 1.05. The second-order valence-corrected chi connectivity index (χ2v) is 2.76. The van der Waals surface area contributed by atoms with Crippen molar-refractivity contribution in [1.29, 1.82) is 0 Å². The number of anilines is 2. The minimum Gasteiger partial charge on any atom is -0.384 e. The Labute approximate surface area is 71.8 Å². The zero-order valence-corrected chi connectivity index (χ0v) is 7.12. The Kier molecular flexibility index (Phi) is 2.50. The summed E-state index contributed by atoms with van der Waals surface area (Å²) in [4.78, 5) is 3.85. The van der Waals surface area contributed by atoms with Crippen LogP contribution in [0.4, 0.5) is 11.6 Å². The van der Waals surface area contributed by atoms with E-state index in [0.29, 0.717) is 11.6 Å². The lowest BCUT2D eigenvalue weighted by molar-refractivity contribution is 0.698. The fraction of sp³-hybridized carbons (Fsp3) is 0.375. The lowest BCUT2D eigenvalue weighted by atomic mass is 10.1. The number of nitrogen functional groups attached to an aromatic ring is 2.